The minimum Gasteiger partial charge on any atom is -0.444 e. The minimum absolute atomic E-state index is 0.214. The molecule has 1 aromatic rings. The second kappa shape index (κ2) is 6.06. The van der Waals surface area contributed by atoms with Crippen molar-refractivity contribution in [1.82, 2.24) is 10.1 Å². The molecule has 0 aromatic carbocycles. The van der Waals surface area contributed by atoms with Crippen LogP contribution in [-0.4, -0.2) is 42.9 Å². The first-order valence-electron chi connectivity index (χ1n) is 8.01. The highest BCUT2D eigenvalue weighted by atomic mass is 28.3. The van der Waals surface area contributed by atoms with Crippen molar-refractivity contribution < 1.29 is 14.1 Å². The van der Waals surface area contributed by atoms with Gasteiger partial charge in [-0.15, -0.1) is 0 Å². The lowest BCUT2D eigenvalue weighted by Gasteiger charge is -2.32. The van der Waals surface area contributed by atoms with Gasteiger partial charge in [-0.05, 0) is 39.7 Å². The van der Waals surface area contributed by atoms with Gasteiger partial charge in [-0.25, -0.2) is 4.79 Å². The van der Waals surface area contributed by atoms with Crippen LogP contribution >= 0.6 is 0 Å². The molecule has 1 amide bonds. The first-order chi connectivity index (χ1) is 10.1. The number of ether oxygens (including phenoxy) is 1. The second-order valence-electron chi connectivity index (χ2n) is 8.11. The van der Waals surface area contributed by atoms with Gasteiger partial charge in [-0.3, -0.25) is 0 Å². The molecule has 0 unspecified atom stereocenters. The Balaban J connectivity index is 1.92. The number of piperidine rings is 1. The molecule has 0 radical (unpaired) electrons. The summed E-state index contributed by atoms with van der Waals surface area (Å²) in [5, 5.41) is 5.31. The van der Waals surface area contributed by atoms with Gasteiger partial charge in [0.15, 0.2) is 0 Å². The summed E-state index contributed by atoms with van der Waals surface area (Å²) in [5.74, 6) is 0.382. The summed E-state index contributed by atoms with van der Waals surface area (Å²) in [5.41, 5.74) is 0.605. The lowest BCUT2D eigenvalue weighted by atomic mass is 9.94. The zero-order valence-corrected chi connectivity index (χ0v) is 15.6. The number of rotatable bonds is 2. The fourth-order valence-corrected chi connectivity index (χ4v) is 3.42. The van der Waals surface area contributed by atoms with E-state index in [0.717, 1.165) is 23.9 Å². The molecule has 6 heteroatoms. The third kappa shape index (κ3) is 4.35. The zero-order chi connectivity index (χ0) is 16.5. The van der Waals surface area contributed by atoms with E-state index in [1.807, 2.05) is 20.8 Å². The predicted molar refractivity (Wildman–Crippen MR) is 89.3 cm³/mol. The third-order valence-corrected chi connectivity index (χ3v) is 5.55. The first kappa shape index (κ1) is 17.1. The number of carbonyl (C=O) groups is 1. The van der Waals surface area contributed by atoms with E-state index in [9.17, 15) is 4.79 Å². The fourth-order valence-electron chi connectivity index (χ4n) is 2.52. The zero-order valence-electron chi connectivity index (χ0n) is 14.6. The molecular weight excluding hydrogens is 296 g/mol. The van der Waals surface area contributed by atoms with Crippen molar-refractivity contribution in [2.75, 3.05) is 13.1 Å². The highest BCUT2D eigenvalue weighted by molar-refractivity contribution is 6.87. The molecule has 0 N–H and O–H groups in total. The van der Waals surface area contributed by atoms with Crippen molar-refractivity contribution in [2.24, 2.45) is 0 Å². The summed E-state index contributed by atoms with van der Waals surface area (Å²) in [4.78, 5) is 13.9. The number of hydrogen-bond acceptors (Lipinski definition) is 4. The number of likely N-dealkylation sites (tertiary alicyclic amines) is 1. The molecule has 1 aliphatic heterocycles. The van der Waals surface area contributed by atoms with E-state index in [4.69, 9.17) is 9.26 Å². The Morgan fingerprint density at radius 2 is 1.91 bits per heavy atom. The molecule has 22 heavy (non-hydrogen) atoms. The molecule has 0 spiro atoms. The van der Waals surface area contributed by atoms with Crippen LogP contribution in [0, 0.1) is 0 Å². The quantitative estimate of drug-likeness (QED) is 0.783. The van der Waals surface area contributed by atoms with Gasteiger partial charge in [0.1, 0.15) is 19.1 Å². The Bertz CT molecular complexity index is 520. The number of aromatic nitrogens is 1. The molecule has 0 saturated carbocycles. The number of nitrogens with zero attached hydrogens (tertiary/aromatic N) is 2. The molecule has 5 nitrogen and oxygen atoms in total. The number of amides is 1. The lowest BCUT2D eigenvalue weighted by molar-refractivity contribution is 0.0203. The van der Waals surface area contributed by atoms with Gasteiger partial charge < -0.3 is 14.2 Å². The van der Waals surface area contributed by atoms with Crippen LogP contribution < -0.4 is 5.38 Å². The summed E-state index contributed by atoms with van der Waals surface area (Å²) in [7, 11) is -1.45. The summed E-state index contributed by atoms with van der Waals surface area (Å²) in [6, 6.07) is 2.13. The lowest BCUT2D eigenvalue weighted by Crippen LogP contribution is -2.41. The van der Waals surface area contributed by atoms with E-state index >= 15 is 0 Å². The first-order valence-corrected chi connectivity index (χ1v) is 11.5. The van der Waals surface area contributed by atoms with Gasteiger partial charge in [0.2, 0.25) is 0 Å². The molecule has 1 aliphatic rings. The SMILES string of the molecule is CC(C)(C)OC(=O)N1CCC(c2cc([Si](C)(C)C)on2)CC1. The molecular formula is C16H28N2O3Si. The Morgan fingerprint density at radius 3 is 2.36 bits per heavy atom. The van der Waals surface area contributed by atoms with Crippen molar-refractivity contribution in [3.8, 4) is 0 Å². The van der Waals surface area contributed by atoms with Gasteiger partial charge in [0, 0.05) is 19.0 Å². The molecule has 124 valence electrons. The Morgan fingerprint density at radius 1 is 1.32 bits per heavy atom. The maximum atomic E-state index is 12.1. The summed E-state index contributed by atoms with van der Waals surface area (Å²) >= 11 is 0. The van der Waals surface area contributed by atoms with E-state index in [1.54, 1.807) is 4.90 Å². The van der Waals surface area contributed by atoms with Crippen molar-refractivity contribution >= 4 is 19.6 Å². The summed E-state index contributed by atoms with van der Waals surface area (Å²) in [6.45, 7) is 13.9. The van der Waals surface area contributed by atoms with Gasteiger partial charge in [0.05, 0.1) is 5.69 Å². The molecule has 1 aromatic heterocycles. The highest BCUT2D eigenvalue weighted by Crippen LogP contribution is 2.27. The normalized spacial score (nSPS) is 17.6. The van der Waals surface area contributed by atoms with Gasteiger partial charge >= 0.3 is 6.09 Å². The highest BCUT2D eigenvalue weighted by Gasteiger charge is 2.30. The monoisotopic (exact) mass is 324 g/mol. The molecule has 0 aliphatic carbocycles. The van der Waals surface area contributed by atoms with Crippen molar-refractivity contribution in [1.29, 1.82) is 0 Å². The van der Waals surface area contributed by atoms with Crippen LogP contribution in [0.1, 0.15) is 45.2 Å². The van der Waals surface area contributed by atoms with E-state index in [2.05, 4.69) is 30.9 Å². The number of hydrogen-bond donors (Lipinski definition) is 0. The van der Waals surface area contributed by atoms with E-state index in [-0.39, 0.29) is 6.09 Å². The maximum Gasteiger partial charge on any atom is 0.410 e. The Hall–Kier alpha value is -1.30. The second-order valence-corrected chi connectivity index (χ2v) is 13.1. The average molecular weight is 324 g/mol. The van der Waals surface area contributed by atoms with Crippen LogP contribution in [0.5, 0.6) is 0 Å². The molecule has 2 heterocycles. The molecule has 1 saturated heterocycles. The van der Waals surface area contributed by atoms with Crippen LogP contribution in [0.3, 0.4) is 0 Å². The number of carbonyl (C=O) groups excluding carboxylic acids is 1. The Kier molecular flexibility index (Phi) is 4.70. The van der Waals surface area contributed by atoms with Gasteiger partial charge in [-0.1, -0.05) is 24.8 Å². The van der Waals surface area contributed by atoms with Crippen LogP contribution in [0.4, 0.5) is 4.79 Å². The molecule has 2 rings (SSSR count). The van der Waals surface area contributed by atoms with Crippen LogP contribution in [-0.2, 0) is 4.74 Å². The van der Waals surface area contributed by atoms with E-state index in [0.29, 0.717) is 19.0 Å². The standard InChI is InChI=1S/C16H28N2O3Si/c1-16(2,3)20-15(19)18-9-7-12(8-10-18)13-11-14(21-17-13)22(4,5)6/h11-12H,7-10H2,1-6H3. The minimum atomic E-state index is -1.45. The van der Waals surface area contributed by atoms with E-state index < -0.39 is 13.7 Å². The largest absolute Gasteiger partial charge is 0.444 e. The smallest absolute Gasteiger partial charge is 0.410 e. The predicted octanol–water partition coefficient (Wildman–Crippen LogP) is 3.33. The summed E-state index contributed by atoms with van der Waals surface area (Å²) in [6.07, 6.45) is 1.61. The molecule has 0 atom stereocenters. The van der Waals surface area contributed by atoms with Gasteiger partial charge in [-0.2, -0.15) is 0 Å². The van der Waals surface area contributed by atoms with Crippen LogP contribution in [0.25, 0.3) is 0 Å². The van der Waals surface area contributed by atoms with Crippen molar-refractivity contribution in [3.63, 3.8) is 0 Å². The van der Waals surface area contributed by atoms with Crippen molar-refractivity contribution in [3.05, 3.63) is 11.8 Å². The van der Waals surface area contributed by atoms with Crippen molar-refractivity contribution in [2.45, 2.75) is 64.8 Å². The fraction of sp³-hybridized carbons (Fsp3) is 0.750. The topological polar surface area (TPSA) is 55.6 Å². The maximum absolute atomic E-state index is 12.1. The van der Waals surface area contributed by atoms with Gasteiger partial charge in [0.25, 0.3) is 0 Å². The average Bonchev–Trinajstić information content (AvgIpc) is 2.86. The summed E-state index contributed by atoms with van der Waals surface area (Å²) < 4.78 is 11.0. The van der Waals surface area contributed by atoms with Crippen LogP contribution in [0.2, 0.25) is 19.6 Å². The Labute approximate surface area is 134 Å². The van der Waals surface area contributed by atoms with E-state index in [1.165, 1.54) is 0 Å². The molecule has 1 fully saturated rings. The third-order valence-electron chi connectivity index (χ3n) is 3.83. The van der Waals surface area contributed by atoms with Crippen LogP contribution in [0.15, 0.2) is 10.6 Å². The molecule has 0 bridgehead atoms.